The summed E-state index contributed by atoms with van der Waals surface area (Å²) in [6.07, 6.45) is 3.51. The molecule has 1 aliphatic carbocycles. The molecule has 2 nitrogen and oxygen atoms in total. The molecule has 0 radical (unpaired) electrons. The molecule has 1 unspecified atom stereocenters. The van der Waals surface area contributed by atoms with Gasteiger partial charge in [0.2, 0.25) is 0 Å². The molecule has 0 amide bonds. The Morgan fingerprint density at radius 3 is 2.67 bits per heavy atom. The van der Waals surface area contributed by atoms with Crippen LogP contribution in [0.4, 0.5) is 0 Å². The Labute approximate surface area is 119 Å². The smallest absolute Gasteiger partial charge is 0.0802 e. The number of benzene rings is 1. The van der Waals surface area contributed by atoms with Gasteiger partial charge in [-0.25, -0.2) is 0 Å². The molecule has 1 aliphatic rings. The summed E-state index contributed by atoms with van der Waals surface area (Å²) in [6, 6.07) is 5.91. The van der Waals surface area contributed by atoms with Crippen molar-refractivity contribution in [3.8, 4) is 0 Å². The van der Waals surface area contributed by atoms with E-state index in [0.717, 1.165) is 24.9 Å². The van der Waals surface area contributed by atoms with E-state index in [-0.39, 0.29) is 11.6 Å². The van der Waals surface area contributed by atoms with Crippen LogP contribution in [-0.2, 0) is 4.74 Å². The molecular formula is C14H19Cl2NO. The molecule has 100 valence electrons. The van der Waals surface area contributed by atoms with E-state index in [1.165, 1.54) is 6.42 Å². The summed E-state index contributed by atoms with van der Waals surface area (Å²) in [5.41, 5.74) is 1.06. The van der Waals surface area contributed by atoms with Crippen LogP contribution >= 0.6 is 23.2 Å². The molecule has 1 N–H and O–H groups in total. The zero-order valence-electron chi connectivity index (χ0n) is 10.8. The summed E-state index contributed by atoms with van der Waals surface area (Å²) >= 11 is 12.2. The molecule has 18 heavy (non-hydrogen) atoms. The number of halogens is 2. The summed E-state index contributed by atoms with van der Waals surface area (Å²) in [7, 11) is 1.79. The highest BCUT2D eigenvalue weighted by Gasteiger charge is 2.36. The van der Waals surface area contributed by atoms with Crippen LogP contribution in [0.1, 0.15) is 37.8 Å². The molecule has 0 spiro atoms. The molecule has 0 aromatic heterocycles. The van der Waals surface area contributed by atoms with Crippen molar-refractivity contribution in [1.82, 2.24) is 5.32 Å². The van der Waals surface area contributed by atoms with Crippen molar-refractivity contribution < 1.29 is 4.74 Å². The van der Waals surface area contributed by atoms with Crippen molar-refractivity contribution >= 4 is 23.2 Å². The first-order chi connectivity index (χ1) is 8.58. The Hall–Kier alpha value is -0.280. The molecule has 1 aromatic carbocycles. The van der Waals surface area contributed by atoms with E-state index in [0.29, 0.717) is 10.0 Å². The third-order valence-electron chi connectivity index (χ3n) is 3.88. The van der Waals surface area contributed by atoms with E-state index >= 15 is 0 Å². The number of methoxy groups -OCH3 is 1. The lowest BCUT2D eigenvalue weighted by Crippen LogP contribution is -2.48. The molecule has 1 atom stereocenters. The Morgan fingerprint density at radius 2 is 2.11 bits per heavy atom. The van der Waals surface area contributed by atoms with Gasteiger partial charge in [-0.15, -0.1) is 0 Å². The molecule has 1 aromatic rings. The number of ether oxygens (including phenoxy) is 1. The predicted octanol–water partition coefficient (Wildman–Crippen LogP) is 4.21. The van der Waals surface area contributed by atoms with E-state index in [9.17, 15) is 0 Å². The maximum Gasteiger partial charge on any atom is 0.0802 e. The second-order valence-electron chi connectivity index (χ2n) is 4.99. The maximum atomic E-state index is 6.22. The fraction of sp³-hybridized carbons (Fsp3) is 0.571. The van der Waals surface area contributed by atoms with Gasteiger partial charge in [-0.2, -0.15) is 0 Å². The highest BCUT2D eigenvalue weighted by atomic mass is 35.5. The van der Waals surface area contributed by atoms with Crippen molar-refractivity contribution in [2.45, 2.75) is 37.8 Å². The Kier molecular flexibility index (Phi) is 4.54. The fourth-order valence-electron chi connectivity index (χ4n) is 2.33. The molecule has 0 saturated heterocycles. The van der Waals surface area contributed by atoms with Crippen molar-refractivity contribution in [2.75, 3.05) is 13.7 Å². The van der Waals surface area contributed by atoms with Crippen molar-refractivity contribution in [1.29, 1.82) is 0 Å². The Morgan fingerprint density at radius 1 is 1.39 bits per heavy atom. The van der Waals surface area contributed by atoms with Crippen LogP contribution in [-0.4, -0.2) is 19.3 Å². The first kappa shape index (κ1) is 14.1. The van der Waals surface area contributed by atoms with E-state index in [2.05, 4.69) is 12.2 Å². The quantitative estimate of drug-likeness (QED) is 0.876. The van der Waals surface area contributed by atoms with Gasteiger partial charge in [-0.3, -0.25) is 0 Å². The average molecular weight is 288 g/mol. The van der Waals surface area contributed by atoms with Crippen LogP contribution in [0, 0.1) is 0 Å². The van der Waals surface area contributed by atoms with Gasteiger partial charge < -0.3 is 10.1 Å². The molecule has 0 aliphatic heterocycles. The molecule has 1 saturated carbocycles. The van der Waals surface area contributed by atoms with Crippen LogP contribution in [0.3, 0.4) is 0 Å². The normalized spacial score (nSPS) is 19.3. The van der Waals surface area contributed by atoms with E-state index in [1.54, 1.807) is 7.11 Å². The minimum Gasteiger partial charge on any atom is -0.377 e. The highest BCUT2D eigenvalue weighted by molar-refractivity contribution is 6.42. The summed E-state index contributed by atoms with van der Waals surface area (Å²) in [5, 5.41) is 4.74. The Balaban J connectivity index is 1.99. The van der Waals surface area contributed by atoms with Crippen molar-refractivity contribution in [3.05, 3.63) is 33.8 Å². The fourth-order valence-corrected chi connectivity index (χ4v) is 2.80. The second-order valence-corrected chi connectivity index (χ2v) is 5.77. The second kappa shape index (κ2) is 5.79. The van der Waals surface area contributed by atoms with Gasteiger partial charge in [-0.05, 0) is 37.8 Å². The molecule has 2 rings (SSSR count). The first-order valence-corrected chi connectivity index (χ1v) is 7.06. The van der Waals surface area contributed by atoms with Gasteiger partial charge in [0.05, 0.1) is 15.6 Å². The molecule has 1 fully saturated rings. The number of rotatable bonds is 5. The maximum absolute atomic E-state index is 6.22. The third-order valence-corrected chi connectivity index (χ3v) is 4.71. The first-order valence-electron chi connectivity index (χ1n) is 6.30. The summed E-state index contributed by atoms with van der Waals surface area (Å²) in [4.78, 5) is 0. The average Bonchev–Trinajstić information content (AvgIpc) is 2.31. The minimum atomic E-state index is 0.0271. The lowest BCUT2D eigenvalue weighted by atomic mass is 9.80. The van der Waals surface area contributed by atoms with Crippen LogP contribution in [0.5, 0.6) is 0 Å². The summed E-state index contributed by atoms with van der Waals surface area (Å²) < 4.78 is 5.59. The predicted molar refractivity (Wildman–Crippen MR) is 76.5 cm³/mol. The van der Waals surface area contributed by atoms with Gasteiger partial charge in [0.15, 0.2) is 0 Å². The van der Waals surface area contributed by atoms with E-state index in [1.807, 2.05) is 18.2 Å². The monoisotopic (exact) mass is 287 g/mol. The number of hydrogen-bond acceptors (Lipinski definition) is 2. The van der Waals surface area contributed by atoms with E-state index < -0.39 is 0 Å². The lowest BCUT2D eigenvalue weighted by molar-refractivity contribution is -0.0706. The van der Waals surface area contributed by atoms with Gasteiger partial charge in [-0.1, -0.05) is 35.3 Å². The molecular weight excluding hydrogens is 269 g/mol. The SMILES string of the molecule is COC1(CNC(C)c2cccc(Cl)c2Cl)CCC1. The molecule has 0 bridgehead atoms. The van der Waals surface area contributed by atoms with Crippen molar-refractivity contribution in [2.24, 2.45) is 0 Å². The molecule has 4 heteroatoms. The molecule has 0 heterocycles. The van der Waals surface area contributed by atoms with Crippen LogP contribution in [0.15, 0.2) is 18.2 Å². The van der Waals surface area contributed by atoms with Crippen LogP contribution in [0.2, 0.25) is 10.0 Å². The zero-order valence-corrected chi connectivity index (χ0v) is 12.3. The third kappa shape index (κ3) is 2.83. The largest absolute Gasteiger partial charge is 0.377 e. The van der Waals surface area contributed by atoms with Gasteiger partial charge in [0, 0.05) is 19.7 Å². The van der Waals surface area contributed by atoms with Gasteiger partial charge >= 0.3 is 0 Å². The van der Waals surface area contributed by atoms with Gasteiger partial charge in [0.1, 0.15) is 0 Å². The topological polar surface area (TPSA) is 21.3 Å². The lowest BCUT2D eigenvalue weighted by Gasteiger charge is -2.41. The summed E-state index contributed by atoms with van der Waals surface area (Å²) in [5.74, 6) is 0. The highest BCUT2D eigenvalue weighted by Crippen LogP contribution is 2.35. The standard InChI is InChI=1S/C14H19Cl2NO/c1-10(11-5-3-6-12(15)13(11)16)17-9-14(18-2)7-4-8-14/h3,5-6,10,17H,4,7-9H2,1-2H3. The number of nitrogens with one attached hydrogen (secondary N) is 1. The number of hydrogen-bond donors (Lipinski definition) is 1. The van der Waals surface area contributed by atoms with E-state index in [4.69, 9.17) is 27.9 Å². The van der Waals surface area contributed by atoms with Crippen LogP contribution < -0.4 is 5.32 Å². The minimum absolute atomic E-state index is 0.0271. The Bertz CT molecular complexity index is 413. The van der Waals surface area contributed by atoms with Crippen LogP contribution in [0.25, 0.3) is 0 Å². The zero-order chi connectivity index (χ0) is 13.2. The van der Waals surface area contributed by atoms with Gasteiger partial charge in [0.25, 0.3) is 0 Å². The summed E-state index contributed by atoms with van der Waals surface area (Å²) in [6.45, 7) is 2.95. The van der Waals surface area contributed by atoms with Crippen molar-refractivity contribution in [3.63, 3.8) is 0 Å².